The normalized spacial score (nSPS) is 10.1. The van der Waals surface area contributed by atoms with Crippen molar-refractivity contribution in [1.29, 1.82) is 0 Å². The number of rotatable bonds is 6. The number of nitrogens with one attached hydrogen (secondary N) is 2. The first-order valence-corrected chi connectivity index (χ1v) is 7.91. The Hall–Kier alpha value is -2.22. The van der Waals surface area contributed by atoms with Crippen molar-refractivity contribution >= 4 is 41.6 Å². The molecule has 7 nitrogen and oxygen atoms in total. The highest BCUT2D eigenvalue weighted by Gasteiger charge is 2.18. The van der Waals surface area contributed by atoms with Crippen LogP contribution < -0.4 is 10.6 Å². The van der Waals surface area contributed by atoms with Gasteiger partial charge in [0.25, 0.3) is 5.91 Å². The van der Waals surface area contributed by atoms with Crippen molar-refractivity contribution in [3.05, 3.63) is 47.9 Å². The number of hydrogen-bond acceptors (Lipinski definition) is 5. The van der Waals surface area contributed by atoms with Crippen LogP contribution in [0.1, 0.15) is 22.6 Å². The van der Waals surface area contributed by atoms with Gasteiger partial charge in [-0.3, -0.25) is 9.78 Å². The van der Waals surface area contributed by atoms with Crippen molar-refractivity contribution in [1.82, 2.24) is 30.6 Å². The molecule has 3 rings (SSSR count). The summed E-state index contributed by atoms with van der Waals surface area (Å²) in [6, 6.07) is 9.67. The molecule has 0 unspecified atom stereocenters. The topological polar surface area (TPSA) is 84.7 Å². The number of fused-ring (bicyclic) bond motifs is 1. The van der Waals surface area contributed by atoms with Gasteiger partial charge in [-0.25, -0.2) is 4.68 Å². The van der Waals surface area contributed by atoms with Crippen LogP contribution in [0.3, 0.4) is 0 Å². The van der Waals surface area contributed by atoms with Gasteiger partial charge >= 0.3 is 0 Å². The fourth-order valence-corrected chi connectivity index (χ4v) is 2.59. The molecule has 1 amide bonds. The van der Waals surface area contributed by atoms with Gasteiger partial charge in [0.2, 0.25) is 0 Å². The Bertz CT molecular complexity index is 862. The first kappa shape index (κ1) is 21.8. The molecule has 0 saturated carbocycles. The van der Waals surface area contributed by atoms with Crippen LogP contribution in [-0.2, 0) is 0 Å². The molecule has 0 spiro atoms. The van der Waals surface area contributed by atoms with E-state index in [2.05, 4.69) is 25.9 Å². The zero-order valence-electron chi connectivity index (χ0n) is 14.6. The van der Waals surface area contributed by atoms with E-state index in [4.69, 9.17) is 0 Å². The van der Waals surface area contributed by atoms with Gasteiger partial charge in [0.05, 0.1) is 16.9 Å². The monoisotopic (exact) mass is 396 g/mol. The summed E-state index contributed by atoms with van der Waals surface area (Å²) in [7, 11) is 1.89. The molecule has 0 atom stereocenters. The summed E-state index contributed by atoms with van der Waals surface area (Å²) in [5.74, 6) is -0.201. The van der Waals surface area contributed by atoms with E-state index in [9.17, 15) is 4.79 Å². The predicted octanol–water partition coefficient (Wildman–Crippen LogP) is 2.31. The Morgan fingerprint density at radius 1 is 1.15 bits per heavy atom. The summed E-state index contributed by atoms with van der Waals surface area (Å²) in [5.41, 5.74) is 2.79. The lowest BCUT2D eigenvalue weighted by atomic mass is 10.2. The van der Waals surface area contributed by atoms with Gasteiger partial charge in [0, 0.05) is 18.1 Å². The van der Waals surface area contributed by atoms with Gasteiger partial charge in [-0.05, 0) is 51.2 Å². The lowest BCUT2D eigenvalue weighted by Gasteiger charge is -2.07. The summed E-state index contributed by atoms with van der Waals surface area (Å²) in [6.07, 6.45) is 2.62. The maximum absolute atomic E-state index is 12.3. The molecule has 140 valence electrons. The largest absolute Gasteiger partial charge is 0.351 e. The van der Waals surface area contributed by atoms with Crippen molar-refractivity contribution < 1.29 is 4.79 Å². The van der Waals surface area contributed by atoms with Gasteiger partial charge in [-0.2, -0.15) is 0 Å². The van der Waals surface area contributed by atoms with E-state index in [-0.39, 0.29) is 30.7 Å². The van der Waals surface area contributed by atoms with E-state index < -0.39 is 0 Å². The molecule has 0 aliphatic carbocycles. The number of halogens is 2. The standard InChI is InChI=1S/C17H20N6O.2ClH/c1-12-16(17(24)20-11-5-9-18-2)21-22-23(12)15-8-3-7-14-13(15)6-4-10-19-14;;/h3-4,6-8,10,18H,5,9,11H2,1-2H3,(H,20,24);2*1H. The fraction of sp³-hybridized carbons (Fsp3) is 0.294. The SMILES string of the molecule is CNCCCNC(=O)c1nnn(-c2cccc3ncccc23)c1C.Cl.Cl. The maximum atomic E-state index is 12.3. The molecular formula is C17H22Cl2N6O. The number of amides is 1. The molecule has 0 fully saturated rings. The van der Waals surface area contributed by atoms with Gasteiger partial charge in [-0.15, -0.1) is 29.9 Å². The number of nitrogens with zero attached hydrogens (tertiary/aromatic N) is 4. The first-order chi connectivity index (χ1) is 11.7. The lowest BCUT2D eigenvalue weighted by molar-refractivity contribution is 0.0947. The Morgan fingerprint density at radius 3 is 2.73 bits per heavy atom. The first-order valence-electron chi connectivity index (χ1n) is 7.91. The molecule has 0 saturated heterocycles. The summed E-state index contributed by atoms with van der Waals surface area (Å²) in [5, 5.41) is 15.1. The third kappa shape index (κ3) is 4.49. The van der Waals surface area contributed by atoms with E-state index >= 15 is 0 Å². The van der Waals surface area contributed by atoms with E-state index in [1.54, 1.807) is 10.9 Å². The molecule has 3 aromatic rings. The Labute approximate surface area is 164 Å². The third-order valence-electron chi connectivity index (χ3n) is 3.85. The van der Waals surface area contributed by atoms with Gasteiger partial charge in [0.15, 0.2) is 5.69 Å². The Kier molecular flexibility index (Phi) is 8.44. The summed E-state index contributed by atoms with van der Waals surface area (Å²) >= 11 is 0. The molecular weight excluding hydrogens is 375 g/mol. The lowest BCUT2D eigenvalue weighted by Crippen LogP contribution is -2.27. The van der Waals surface area contributed by atoms with E-state index in [0.717, 1.165) is 29.6 Å². The molecule has 0 radical (unpaired) electrons. The van der Waals surface area contributed by atoms with Gasteiger partial charge in [-0.1, -0.05) is 11.3 Å². The second-order valence-electron chi connectivity index (χ2n) is 5.50. The van der Waals surface area contributed by atoms with E-state index in [1.165, 1.54) is 0 Å². The highest BCUT2D eigenvalue weighted by Crippen LogP contribution is 2.21. The molecule has 0 bridgehead atoms. The van der Waals surface area contributed by atoms with Crippen molar-refractivity contribution in [2.24, 2.45) is 0 Å². The van der Waals surface area contributed by atoms with Crippen LogP contribution in [0.2, 0.25) is 0 Å². The number of hydrogen-bond donors (Lipinski definition) is 2. The van der Waals surface area contributed by atoms with Gasteiger partial charge < -0.3 is 10.6 Å². The van der Waals surface area contributed by atoms with Crippen LogP contribution in [0.4, 0.5) is 0 Å². The van der Waals surface area contributed by atoms with E-state index in [1.807, 2.05) is 44.3 Å². The molecule has 1 aromatic carbocycles. The molecule has 2 aromatic heterocycles. The molecule has 2 N–H and O–H groups in total. The molecule has 26 heavy (non-hydrogen) atoms. The summed E-state index contributed by atoms with van der Waals surface area (Å²) < 4.78 is 1.69. The predicted molar refractivity (Wildman–Crippen MR) is 107 cm³/mol. The minimum atomic E-state index is -0.201. The number of benzene rings is 1. The minimum Gasteiger partial charge on any atom is -0.351 e. The van der Waals surface area contributed by atoms with Crippen LogP contribution in [-0.4, -0.2) is 46.0 Å². The average Bonchev–Trinajstić information content (AvgIpc) is 2.99. The van der Waals surface area contributed by atoms with Crippen molar-refractivity contribution in [2.75, 3.05) is 20.1 Å². The number of carbonyl (C=O) groups excluding carboxylic acids is 1. The van der Waals surface area contributed by atoms with Crippen LogP contribution in [0.15, 0.2) is 36.5 Å². The van der Waals surface area contributed by atoms with E-state index in [0.29, 0.717) is 17.9 Å². The third-order valence-corrected chi connectivity index (χ3v) is 3.85. The number of pyridine rings is 1. The van der Waals surface area contributed by atoms with Gasteiger partial charge in [0.1, 0.15) is 0 Å². The number of aromatic nitrogens is 4. The Balaban J connectivity index is 0.00000169. The average molecular weight is 397 g/mol. The maximum Gasteiger partial charge on any atom is 0.273 e. The summed E-state index contributed by atoms with van der Waals surface area (Å²) in [4.78, 5) is 16.6. The number of carbonyl (C=O) groups is 1. The zero-order chi connectivity index (χ0) is 16.9. The second-order valence-corrected chi connectivity index (χ2v) is 5.50. The highest BCUT2D eigenvalue weighted by atomic mass is 35.5. The van der Waals surface area contributed by atoms with Crippen molar-refractivity contribution in [3.63, 3.8) is 0 Å². The quantitative estimate of drug-likeness (QED) is 0.624. The van der Waals surface area contributed by atoms with Crippen molar-refractivity contribution in [2.45, 2.75) is 13.3 Å². The van der Waals surface area contributed by atoms with Crippen LogP contribution in [0, 0.1) is 6.92 Å². The minimum absolute atomic E-state index is 0. The second kappa shape index (κ2) is 10.1. The fourth-order valence-electron chi connectivity index (χ4n) is 2.59. The Morgan fingerprint density at radius 2 is 1.96 bits per heavy atom. The van der Waals surface area contributed by atoms with Crippen LogP contribution in [0.25, 0.3) is 16.6 Å². The van der Waals surface area contributed by atoms with Crippen molar-refractivity contribution in [3.8, 4) is 5.69 Å². The molecule has 0 aliphatic rings. The zero-order valence-corrected chi connectivity index (χ0v) is 16.2. The van der Waals surface area contributed by atoms with Crippen LogP contribution in [0.5, 0.6) is 0 Å². The highest BCUT2D eigenvalue weighted by molar-refractivity contribution is 5.94. The summed E-state index contributed by atoms with van der Waals surface area (Å²) in [6.45, 7) is 3.30. The van der Waals surface area contributed by atoms with Crippen LogP contribution >= 0.6 is 24.8 Å². The molecule has 9 heteroatoms. The molecule has 0 aliphatic heterocycles. The molecule has 2 heterocycles. The smallest absolute Gasteiger partial charge is 0.273 e.